The van der Waals surface area contributed by atoms with Gasteiger partial charge in [-0.05, 0) is 25.0 Å². The van der Waals surface area contributed by atoms with Crippen molar-refractivity contribution in [2.75, 3.05) is 18.0 Å². The van der Waals surface area contributed by atoms with Crippen LogP contribution in [0.4, 0.5) is 10.1 Å². The first kappa shape index (κ1) is 15.1. The van der Waals surface area contributed by atoms with Crippen LogP contribution in [0.3, 0.4) is 0 Å². The Bertz CT molecular complexity index is 472. The quantitative estimate of drug-likeness (QED) is 0.491. The monoisotopic (exact) mass is 287 g/mol. The molecular formula is C13H18FNO5. The summed E-state index contributed by atoms with van der Waals surface area (Å²) < 4.78 is 13.7. The molecule has 1 heterocycles. The Kier molecular flexibility index (Phi) is 4.56. The van der Waals surface area contributed by atoms with Gasteiger partial charge < -0.3 is 30.4 Å². The van der Waals surface area contributed by atoms with Crippen LogP contribution in [0.2, 0.25) is 0 Å². The number of aliphatic hydroxyl groups excluding tert-OH is 3. The molecule has 0 aliphatic carbocycles. The van der Waals surface area contributed by atoms with Crippen LogP contribution >= 0.6 is 0 Å². The first-order chi connectivity index (χ1) is 9.41. The molecule has 0 atom stereocenters. The summed E-state index contributed by atoms with van der Waals surface area (Å²) in [4.78, 5) is 1.76. The molecule has 0 aromatic heterocycles. The van der Waals surface area contributed by atoms with E-state index < -0.39 is 30.1 Å². The Morgan fingerprint density at radius 2 is 1.55 bits per heavy atom. The van der Waals surface area contributed by atoms with Gasteiger partial charge in [-0.25, -0.2) is 4.39 Å². The summed E-state index contributed by atoms with van der Waals surface area (Å²) in [6, 6.07) is 2.43. The summed E-state index contributed by atoms with van der Waals surface area (Å²) in [5.41, 5.74) is -0.462. The Morgan fingerprint density at radius 3 is 2.05 bits per heavy atom. The van der Waals surface area contributed by atoms with E-state index in [-0.39, 0.29) is 5.56 Å². The van der Waals surface area contributed by atoms with E-state index in [0.717, 1.165) is 6.07 Å². The fourth-order valence-corrected chi connectivity index (χ4v) is 2.51. The van der Waals surface area contributed by atoms with Gasteiger partial charge in [0, 0.05) is 24.3 Å². The summed E-state index contributed by atoms with van der Waals surface area (Å²) in [7, 11) is 0. The maximum absolute atomic E-state index is 13.7. The minimum Gasteiger partial charge on any atom is -0.393 e. The number of hydrogen-bond acceptors (Lipinski definition) is 6. The first-order valence-corrected chi connectivity index (χ1v) is 6.39. The predicted octanol–water partition coefficient (Wildman–Crippen LogP) is -0.247. The maximum Gasteiger partial charge on any atom is 0.181 e. The van der Waals surface area contributed by atoms with E-state index >= 15 is 0 Å². The fourth-order valence-electron chi connectivity index (χ4n) is 2.51. The summed E-state index contributed by atoms with van der Waals surface area (Å²) in [6.07, 6.45) is -3.55. The first-order valence-electron chi connectivity index (χ1n) is 6.39. The molecule has 0 radical (unpaired) electrons. The number of nitrogens with zero attached hydrogens (tertiary/aromatic N) is 1. The summed E-state index contributed by atoms with van der Waals surface area (Å²) in [5, 5.41) is 46.8. The maximum atomic E-state index is 13.7. The third kappa shape index (κ3) is 2.92. The number of piperidine rings is 1. The van der Waals surface area contributed by atoms with E-state index in [0.29, 0.717) is 31.6 Å². The van der Waals surface area contributed by atoms with Gasteiger partial charge in [-0.2, -0.15) is 0 Å². The Hall–Kier alpha value is -1.25. The van der Waals surface area contributed by atoms with E-state index in [1.807, 2.05) is 0 Å². The Morgan fingerprint density at radius 1 is 1.00 bits per heavy atom. The fraction of sp³-hybridized carbons (Fsp3) is 0.538. The molecule has 112 valence electrons. The number of halogens is 1. The second-order valence-electron chi connectivity index (χ2n) is 4.86. The molecule has 6 nitrogen and oxygen atoms in total. The van der Waals surface area contributed by atoms with Gasteiger partial charge in [0.1, 0.15) is 5.82 Å². The lowest BCUT2D eigenvalue weighted by Gasteiger charge is -2.34. The SMILES string of the molecule is OC1CCN(c2ccc(F)c(C(O)O)c2C(O)O)CC1. The second-order valence-corrected chi connectivity index (χ2v) is 4.86. The van der Waals surface area contributed by atoms with Gasteiger partial charge in [-0.15, -0.1) is 0 Å². The Balaban J connectivity index is 2.45. The molecule has 0 saturated carbocycles. The molecule has 1 saturated heterocycles. The minimum absolute atomic E-state index is 0.253. The second kappa shape index (κ2) is 6.02. The summed E-state index contributed by atoms with van der Waals surface area (Å²) in [5.74, 6) is -0.913. The van der Waals surface area contributed by atoms with Crippen molar-refractivity contribution in [2.24, 2.45) is 0 Å². The molecule has 0 unspecified atom stereocenters. The largest absolute Gasteiger partial charge is 0.393 e. The molecule has 2 rings (SSSR count). The molecule has 1 aromatic rings. The molecule has 1 aromatic carbocycles. The molecule has 20 heavy (non-hydrogen) atoms. The zero-order valence-electron chi connectivity index (χ0n) is 10.8. The summed E-state index contributed by atoms with van der Waals surface area (Å²) >= 11 is 0. The highest BCUT2D eigenvalue weighted by molar-refractivity contribution is 5.58. The van der Waals surface area contributed by atoms with E-state index in [1.165, 1.54) is 6.07 Å². The lowest BCUT2D eigenvalue weighted by atomic mass is 10.00. The lowest BCUT2D eigenvalue weighted by molar-refractivity contribution is -0.0651. The van der Waals surface area contributed by atoms with Crippen LogP contribution in [0, 0.1) is 5.82 Å². The van der Waals surface area contributed by atoms with Crippen molar-refractivity contribution >= 4 is 5.69 Å². The Labute approximate surface area is 115 Å². The van der Waals surface area contributed by atoms with Gasteiger partial charge in [-0.1, -0.05) is 0 Å². The number of benzene rings is 1. The minimum atomic E-state index is -2.14. The van der Waals surface area contributed by atoms with Crippen molar-refractivity contribution in [1.82, 2.24) is 0 Å². The highest BCUT2D eigenvalue weighted by Gasteiger charge is 2.27. The van der Waals surface area contributed by atoms with Gasteiger partial charge in [0.15, 0.2) is 12.6 Å². The van der Waals surface area contributed by atoms with Crippen LogP contribution in [0.25, 0.3) is 0 Å². The molecule has 7 heteroatoms. The van der Waals surface area contributed by atoms with Gasteiger partial charge >= 0.3 is 0 Å². The molecule has 1 fully saturated rings. The number of aliphatic hydroxyl groups is 5. The highest BCUT2D eigenvalue weighted by atomic mass is 19.1. The van der Waals surface area contributed by atoms with Crippen LogP contribution in [0.15, 0.2) is 12.1 Å². The molecule has 1 aliphatic rings. The van der Waals surface area contributed by atoms with Gasteiger partial charge in [0.2, 0.25) is 0 Å². The lowest BCUT2D eigenvalue weighted by Crippen LogP contribution is -2.36. The van der Waals surface area contributed by atoms with Gasteiger partial charge in [0.25, 0.3) is 0 Å². The van der Waals surface area contributed by atoms with Crippen molar-refractivity contribution in [3.8, 4) is 0 Å². The molecule has 0 bridgehead atoms. The van der Waals surface area contributed by atoms with Crippen molar-refractivity contribution in [2.45, 2.75) is 31.5 Å². The van der Waals surface area contributed by atoms with Gasteiger partial charge in [-0.3, -0.25) is 0 Å². The zero-order chi connectivity index (χ0) is 14.9. The molecule has 5 N–H and O–H groups in total. The van der Waals surface area contributed by atoms with Crippen LogP contribution in [0.1, 0.15) is 36.5 Å². The standard InChI is InChI=1S/C13H18FNO5/c14-8-1-2-9(15-5-3-7(16)4-6-15)11(13(19)20)10(8)12(17)18/h1-2,7,12-13,16-20H,3-6H2. The van der Waals surface area contributed by atoms with Crippen LogP contribution in [-0.2, 0) is 0 Å². The van der Waals surface area contributed by atoms with E-state index in [1.54, 1.807) is 4.90 Å². The van der Waals surface area contributed by atoms with Crippen molar-refractivity contribution in [3.05, 3.63) is 29.1 Å². The van der Waals surface area contributed by atoms with Crippen molar-refractivity contribution < 1.29 is 29.9 Å². The smallest absolute Gasteiger partial charge is 0.181 e. The van der Waals surface area contributed by atoms with Crippen molar-refractivity contribution in [3.63, 3.8) is 0 Å². The van der Waals surface area contributed by atoms with Crippen molar-refractivity contribution in [1.29, 1.82) is 0 Å². The van der Waals surface area contributed by atoms with Crippen LogP contribution in [0.5, 0.6) is 0 Å². The van der Waals surface area contributed by atoms with Crippen LogP contribution < -0.4 is 4.90 Å². The van der Waals surface area contributed by atoms with Gasteiger partial charge in [0.05, 0.1) is 11.7 Å². The molecular weight excluding hydrogens is 269 g/mol. The number of anilines is 1. The predicted molar refractivity (Wildman–Crippen MR) is 68.2 cm³/mol. The number of rotatable bonds is 3. The third-order valence-electron chi connectivity index (χ3n) is 3.53. The average molecular weight is 287 g/mol. The van der Waals surface area contributed by atoms with E-state index in [9.17, 15) is 29.9 Å². The molecule has 1 aliphatic heterocycles. The third-order valence-corrected chi connectivity index (χ3v) is 3.53. The topological polar surface area (TPSA) is 104 Å². The highest BCUT2D eigenvalue weighted by Crippen LogP contribution is 2.34. The summed E-state index contributed by atoms with van der Waals surface area (Å²) in [6.45, 7) is 0.932. The van der Waals surface area contributed by atoms with E-state index in [4.69, 9.17) is 0 Å². The van der Waals surface area contributed by atoms with E-state index in [2.05, 4.69) is 0 Å². The molecule has 0 amide bonds. The molecule has 0 spiro atoms. The normalized spacial score (nSPS) is 17.3. The van der Waals surface area contributed by atoms with Crippen LogP contribution in [-0.4, -0.2) is 44.7 Å². The number of hydrogen-bond donors (Lipinski definition) is 5. The average Bonchev–Trinajstić information content (AvgIpc) is 2.39. The zero-order valence-corrected chi connectivity index (χ0v) is 10.8.